The molecule has 3 rings (SSSR count). The van der Waals surface area contributed by atoms with E-state index in [1.165, 1.54) is 0 Å². The second-order valence-corrected chi connectivity index (χ2v) is 6.66. The molecule has 0 aromatic heterocycles. The van der Waals surface area contributed by atoms with Crippen LogP contribution in [0.4, 0.5) is 0 Å². The molecular formula is C13H16BrN3O2S. The minimum atomic E-state index is 0.272. The van der Waals surface area contributed by atoms with Gasteiger partial charge in [0, 0.05) is 24.6 Å². The highest BCUT2D eigenvalue weighted by Crippen LogP contribution is 2.40. The molecule has 2 aliphatic rings. The Morgan fingerprint density at radius 2 is 2.15 bits per heavy atom. The fourth-order valence-corrected chi connectivity index (χ4v) is 3.68. The summed E-state index contributed by atoms with van der Waals surface area (Å²) in [4.78, 5) is 6.62. The zero-order chi connectivity index (χ0) is 13.9. The fourth-order valence-electron chi connectivity index (χ4n) is 2.18. The lowest BCUT2D eigenvalue weighted by atomic mass is 10.2. The minimum Gasteiger partial charge on any atom is -0.454 e. The Hall–Kier alpha value is -1.08. The zero-order valence-corrected chi connectivity index (χ0v) is 13.4. The highest BCUT2D eigenvalue weighted by atomic mass is 79.9. The quantitative estimate of drug-likeness (QED) is 0.648. The number of nitrogens with zero attached hydrogens (tertiary/aromatic N) is 2. The van der Waals surface area contributed by atoms with E-state index in [4.69, 9.17) is 15.2 Å². The van der Waals surface area contributed by atoms with Gasteiger partial charge in [0.1, 0.15) is 0 Å². The maximum absolute atomic E-state index is 6.05. The average Bonchev–Trinajstić information content (AvgIpc) is 2.94. The molecule has 20 heavy (non-hydrogen) atoms. The Bertz CT molecular complexity index is 533. The topological polar surface area (TPSA) is 60.1 Å². The van der Waals surface area contributed by atoms with Crippen molar-refractivity contribution in [1.29, 1.82) is 0 Å². The van der Waals surface area contributed by atoms with Gasteiger partial charge < -0.3 is 20.1 Å². The Morgan fingerprint density at radius 3 is 2.95 bits per heavy atom. The van der Waals surface area contributed by atoms with Crippen molar-refractivity contribution >= 4 is 33.7 Å². The number of thioether (sulfide) groups is 1. The second kappa shape index (κ2) is 6.13. The van der Waals surface area contributed by atoms with Crippen LogP contribution in [-0.4, -0.2) is 42.2 Å². The smallest absolute Gasteiger partial charge is 0.231 e. The summed E-state index contributed by atoms with van der Waals surface area (Å²) in [6.07, 6.45) is 0. The van der Waals surface area contributed by atoms with E-state index in [0.29, 0.717) is 12.5 Å². The lowest BCUT2D eigenvalue weighted by Crippen LogP contribution is -2.42. The van der Waals surface area contributed by atoms with Crippen LogP contribution in [0.25, 0.3) is 0 Å². The molecule has 0 unspecified atom stereocenters. The van der Waals surface area contributed by atoms with E-state index in [2.05, 4.69) is 25.8 Å². The van der Waals surface area contributed by atoms with Crippen molar-refractivity contribution < 1.29 is 9.47 Å². The normalized spacial score (nSPS) is 18.4. The van der Waals surface area contributed by atoms with Crippen molar-refractivity contribution in [3.05, 3.63) is 22.2 Å². The van der Waals surface area contributed by atoms with Crippen LogP contribution in [0.1, 0.15) is 5.56 Å². The van der Waals surface area contributed by atoms with Crippen molar-refractivity contribution in [1.82, 2.24) is 4.90 Å². The molecule has 1 fully saturated rings. The summed E-state index contributed by atoms with van der Waals surface area (Å²) >= 11 is 5.44. The molecule has 1 saturated heterocycles. The maximum Gasteiger partial charge on any atom is 0.231 e. The van der Waals surface area contributed by atoms with Gasteiger partial charge in [-0.1, -0.05) is 0 Å². The molecule has 2 N–H and O–H groups in total. The molecule has 0 radical (unpaired) electrons. The number of guanidine groups is 1. The molecule has 0 bridgehead atoms. The first-order chi connectivity index (χ1) is 9.74. The monoisotopic (exact) mass is 357 g/mol. The summed E-state index contributed by atoms with van der Waals surface area (Å²) in [6.45, 7) is 2.77. The van der Waals surface area contributed by atoms with E-state index in [0.717, 1.165) is 46.1 Å². The number of ether oxygens (including phenoxy) is 2. The maximum atomic E-state index is 6.05. The van der Waals surface area contributed by atoms with Gasteiger partial charge in [0.15, 0.2) is 17.5 Å². The number of benzene rings is 1. The minimum absolute atomic E-state index is 0.272. The number of rotatable bonds is 2. The Labute approximate surface area is 130 Å². The van der Waals surface area contributed by atoms with Gasteiger partial charge in [0.2, 0.25) is 6.79 Å². The first-order valence-electron chi connectivity index (χ1n) is 6.44. The SMILES string of the molecule is NC(=NCc1cc(Br)c2c(c1)OCO2)N1CCSCC1. The molecule has 0 aliphatic carbocycles. The van der Waals surface area contributed by atoms with Gasteiger partial charge in [-0.2, -0.15) is 11.8 Å². The fraction of sp³-hybridized carbons (Fsp3) is 0.462. The van der Waals surface area contributed by atoms with Crippen molar-refractivity contribution in [3.63, 3.8) is 0 Å². The Balaban J connectivity index is 1.70. The van der Waals surface area contributed by atoms with Crippen LogP contribution in [0.5, 0.6) is 11.5 Å². The van der Waals surface area contributed by atoms with Gasteiger partial charge in [-0.15, -0.1) is 0 Å². The van der Waals surface area contributed by atoms with Crippen molar-refractivity contribution in [2.75, 3.05) is 31.4 Å². The highest BCUT2D eigenvalue weighted by Gasteiger charge is 2.18. The third-order valence-electron chi connectivity index (χ3n) is 3.25. The van der Waals surface area contributed by atoms with Gasteiger partial charge in [-0.05, 0) is 33.6 Å². The molecule has 2 heterocycles. The van der Waals surface area contributed by atoms with Crippen LogP contribution < -0.4 is 15.2 Å². The van der Waals surface area contributed by atoms with Gasteiger partial charge in [-0.3, -0.25) is 0 Å². The first kappa shape index (κ1) is 13.9. The van der Waals surface area contributed by atoms with E-state index in [-0.39, 0.29) is 6.79 Å². The third kappa shape index (κ3) is 2.98. The lowest BCUT2D eigenvalue weighted by molar-refractivity contribution is 0.173. The zero-order valence-electron chi connectivity index (χ0n) is 11.0. The van der Waals surface area contributed by atoms with E-state index in [9.17, 15) is 0 Å². The molecule has 5 nitrogen and oxygen atoms in total. The summed E-state index contributed by atoms with van der Waals surface area (Å²) in [5.74, 6) is 4.38. The summed E-state index contributed by atoms with van der Waals surface area (Å²) in [7, 11) is 0. The standard InChI is InChI=1S/C13H16BrN3O2S/c14-10-5-9(6-11-12(10)19-8-18-11)7-16-13(15)17-1-3-20-4-2-17/h5-6H,1-4,7-8H2,(H2,15,16). The van der Waals surface area contributed by atoms with Gasteiger partial charge in [0.25, 0.3) is 0 Å². The van der Waals surface area contributed by atoms with E-state index >= 15 is 0 Å². The van der Waals surface area contributed by atoms with Gasteiger partial charge in [0.05, 0.1) is 11.0 Å². The second-order valence-electron chi connectivity index (χ2n) is 4.59. The number of aliphatic imine (C=N–C) groups is 1. The van der Waals surface area contributed by atoms with E-state index in [1.54, 1.807) is 0 Å². The number of hydrogen-bond donors (Lipinski definition) is 1. The summed E-state index contributed by atoms with van der Waals surface area (Å²) in [5, 5.41) is 0. The van der Waals surface area contributed by atoms with Crippen LogP contribution in [0.2, 0.25) is 0 Å². The molecule has 108 valence electrons. The molecular weight excluding hydrogens is 342 g/mol. The van der Waals surface area contributed by atoms with Crippen LogP contribution >= 0.6 is 27.7 Å². The van der Waals surface area contributed by atoms with Crippen molar-refractivity contribution in [2.24, 2.45) is 10.7 Å². The Morgan fingerprint density at radius 1 is 1.35 bits per heavy atom. The molecule has 1 aromatic carbocycles. The van der Waals surface area contributed by atoms with Crippen LogP contribution in [0.3, 0.4) is 0 Å². The molecule has 1 aromatic rings. The predicted molar refractivity (Wildman–Crippen MR) is 84.5 cm³/mol. The Kier molecular flexibility index (Phi) is 4.26. The van der Waals surface area contributed by atoms with Gasteiger partial charge >= 0.3 is 0 Å². The molecule has 0 amide bonds. The van der Waals surface area contributed by atoms with Crippen LogP contribution in [-0.2, 0) is 6.54 Å². The average molecular weight is 358 g/mol. The van der Waals surface area contributed by atoms with Gasteiger partial charge in [-0.25, -0.2) is 4.99 Å². The molecule has 7 heteroatoms. The predicted octanol–water partition coefficient (Wildman–Crippen LogP) is 2.04. The lowest BCUT2D eigenvalue weighted by Gasteiger charge is -2.27. The summed E-state index contributed by atoms with van der Waals surface area (Å²) < 4.78 is 11.7. The summed E-state index contributed by atoms with van der Waals surface area (Å²) in [5.41, 5.74) is 7.10. The number of fused-ring (bicyclic) bond motifs is 1. The molecule has 0 spiro atoms. The van der Waals surface area contributed by atoms with Crippen molar-refractivity contribution in [3.8, 4) is 11.5 Å². The molecule has 2 aliphatic heterocycles. The van der Waals surface area contributed by atoms with Crippen molar-refractivity contribution in [2.45, 2.75) is 6.54 Å². The molecule has 0 atom stereocenters. The number of halogens is 1. The largest absolute Gasteiger partial charge is 0.454 e. The highest BCUT2D eigenvalue weighted by molar-refractivity contribution is 9.10. The van der Waals surface area contributed by atoms with Crippen LogP contribution in [0.15, 0.2) is 21.6 Å². The first-order valence-corrected chi connectivity index (χ1v) is 8.39. The third-order valence-corrected chi connectivity index (χ3v) is 4.78. The number of hydrogen-bond acceptors (Lipinski definition) is 4. The number of nitrogens with two attached hydrogens (primary N) is 1. The summed E-state index contributed by atoms with van der Waals surface area (Å²) in [6, 6.07) is 3.95. The van der Waals surface area contributed by atoms with E-state index < -0.39 is 0 Å². The van der Waals surface area contributed by atoms with E-state index in [1.807, 2.05) is 23.9 Å². The molecule has 0 saturated carbocycles. The van der Waals surface area contributed by atoms with Crippen LogP contribution in [0, 0.1) is 0 Å².